The average molecular weight is 651 g/mol. The summed E-state index contributed by atoms with van der Waals surface area (Å²) in [5.74, 6) is -14.6. The summed E-state index contributed by atoms with van der Waals surface area (Å²) in [5.41, 5.74) is 3.09. The van der Waals surface area contributed by atoms with Crippen molar-refractivity contribution in [1.29, 1.82) is 0 Å². The van der Waals surface area contributed by atoms with Crippen LogP contribution in [0.4, 0.5) is 0 Å². The largest absolute Gasteiger partial charge is 0.507 e. The maximum Gasteiger partial charge on any atom is 0.335 e. The van der Waals surface area contributed by atoms with Gasteiger partial charge in [-0.15, -0.1) is 0 Å². The molecule has 3 amide bonds. The van der Waals surface area contributed by atoms with Gasteiger partial charge in [-0.1, -0.05) is 24.3 Å². The van der Waals surface area contributed by atoms with Crippen LogP contribution in [0.3, 0.4) is 0 Å². The Morgan fingerprint density at radius 3 is 2.17 bits per heavy atom. The Morgan fingerprint density at radius 1 is 0.875 bits per heavy atom. The first-order valence-electron chi connectivity index (χ1n) is 15.1. The average Bonchev–Trinajstić information content (AvgIpc) is 3.28. The molecule has 2 saturated carbocycles. The molecule has 48 heavy (non-hydrogen) atoms. The van der Waals surface area contributed by atoms with E-state index in [1.165, 1.54) is 36.4 Å². The first-order chi connectivity index (χ1) is 22.7. The summed E-state index contributed by atoms with van der Waals surface area (Å²) in [5, 5.41) is 32.8. The molecule has 0 bridgehead atoms. The summed E-state index contributed by atoms with van der Waals surface area (Å²) in [6.45, 7) is -0.487. The van der Waals surface area contributed by atoms with Gasteiger partial charge >= 0.3 is 5.97 Å². The van der Waals surface area contributed by atoms with Crippen LogP contribution in [0.15, 0.2) is 54.6 Å². The Kier molecular flexibility index (Phi) is 6.81. The molecule has 13 heteroatoms. The fourth-order valence-corrected chi connectivity index (χ4v) is 7.84. The maximum absolute atomic E-state index is 14.3. The highest BCUT2D eigenvalue weighted by atomic mass is 16.4. The Labute approximate surface area is 271 Å². The lowest BCUT2D eigenvalue weighted by atomic mass is 9.53. The van der Waals surface area contributed by atoms with Crippen LogP contribution in [-0.4, -0.2) is 72.6 Å². The van der Waals surface area contributed by atoms with Gasteiger partial charge in [0.25, 0.3) is 11.8 Å². The number of carbonyl (C=O) groups is 8. The smallest absolute Gasteiger partial charge is 0.335 e. The fourth-order valence-electron chi connectivity index (χ4n) is 7.84. The summed E-state index contributed by atoms with van der Waals surface area (Å²) in [7, 11) is 0. The SMILES string of the molecule is NC(=O)C1C(=O)C[C@@H]2C[C@@H]3Cc4c(-c5cccc(C(=O)O)c5)cc(CN5C(=O)c6ccccc6C5=O)c(O)c4C(=O)C3C(=O)[C@]2(O)C1=O. The molecule has 0 saturated heterocycles. The first-order valence-corrected chi connectivity index (χ1v) is 15.1. The highest BCUT2D eigenvalue weighted by molar-refractivity contribution is 6.31. The predicted octanol–water partition coefficient (Wildman–Crippen LogP) is 1.49. The van der Waals surface area contributed by atoms with Crippen molar-refractivity contribution < 1.29 is 53.7 Å². The van der Waals surface area contributed by atoms with Gasteiger partial charge in [-0.05, 0) is 65.8 Å². The van der Waals surface area contributed by atoms with Crippen LogP contribution in [0.1, 0.15) is 65.4 Å². The number of amides is 3. The minimum absolute atomic E-state index is 0.0564. The number of fused-ring (bicyclic) bond motifs is 4. The lowest BCUT2D eigenvalue weighted by Gasteiger charge is -2.48. The highest BCUT2D eigenvalue weighted by Gasteiger charge is 2.66. The molecule has 5 atom stereocenters. The van der Waals surface area contributed by atoms with E-state index in [1.54, 1.807) is 18.2 Å². The number of nitrogens with zero attached hydrogens (tertiary/aromatic N) is 1. The number of aromatic hydroxyl groups is 1. The van der Waals surface area contributed by atoms with Gasteiger partial charge in [-0.3, -0.25) is 38.5 Å². The molecule has 0 spiro atoms. The van der Waals surface area contributed by atoms with Gasteiger partial charge in [0.1, 0.15) is 5.75 Å². The van der Waals surface area contributed by atoms with Crippen LogP contribution in [0.25, 0.3) is 11.1 Å². The molecule has 3 aliphatic carbocycles. The van der Waals surface area contributed by atoms with Crippen molar-refractivity contribution in [3.05, 3.63) is 88.0 Å². The Bertz CT molecular complexity index is 2050. The van der Waals surface area contributed by atoms with Crippen LogP contribution >= 0.6 is 0 Å². The zero-order chi connectivity index (χ0) is 34.4. The molecule has 2 fully saturated rings. The molecule has 7 rings (SSSR count). The van der Waals surface area contributed by atoms with Crippen molar-refractivity contribution in [3.63, 3.8) is 0 Å². The van der Waals surface area contributed by atoms with E-state index in [4.69, 9.17) is 5.73 Å². The van der Waals surface area contributed by atoms with Crippen molar-refractivity contribution >= 4 is 46.8 Å². The molecule has 242 valence electrons. The third kappa shape index (κ3) is 4.20. The number of carboxylic acid groups (broad SMARTS) is 1. The number of primary amides is 1. The Morgan fingerprint density at radius 2 is 1.54 bits per heavy atom. The Balaban J connectivity index is 1.37. The normalized spacial score (nSPS) is 26.1. The molecule has 1 heterocycles. The van der Waals surface area contributed by atoms with E-state index in [1.807, 2.05) is 0 Å². The van der Waals surface area contributed by atoms with Crippen LogP contribution in [0.5, 0.6) is 5.75 Å². The number of Topliss-reactive ketones (excluding diaryl/α,β-unsaturated/α-hetero) is 4. The second-order valence-corrected chi connectivity index (χ2v) is 12.7. The summed E-state index contributed by atoms with van der Waals surface area (Å²) >= 11 is 0. The quantitative estimate of drug-likeness (QED) is 0.228. The van der Waals surface area contributed by atoms with Gasteiger partial charge < -0.3 is 21.1 Å². The van der Waals surface area contributed by atoms with E-state index in [2.05, 4.69) is 0 Å². The van der Waals surface area contributed by atoms with Crippen LogP contribution in [0, 0.1) is 23.7 Å². The highest BCUT2D eigenvalue weighted by Crippen LogP contribution is 2.52. The number of benzene rings is 3. The van der Waals surface area contributed by atoms with Crippen LogP contribution < -0.4 is 5.73 Å². The van der Waals surface area contributed by atoms with E-state index in [0.29, 0.717) is 11.1 Å². The number of aromatic carboxylic acids is 1. The van der Waals surface area contributed by atoms with E-state index >= 15 is 0 Å². The molecular formula is C35H26N2O11. The van der Waals surface area contributed by atoms with Crippen LogP contribution in [-0.2, 0) is 32.1 Å². The minimum atomic E-state index is -2.84. The van der Waals surface area contributed by atoms with Gasteiger partial charge in [0.05, 0.1) is 34.7 Å². The van der Waals surface area contributed by atoms with Crippen molar-refractivity contribution in [2.45, 2.75) is 31.4 Å². The number of carboxylic acids is 1. The van der Waals surface area contributed by atoms with Gasteiger partial charge in [0, 0.05) is 17.9 Å². The maximum atomic E-state index is 14.3. The second kappa shape index (κ2) is 10.6. The molecule has 2 unspecified atom stereocenters. The number of rotatable bonds is 5. The summed E-state index contributed by atoms with van der Waals surface area (Å²) in [6.07, 6.45) is -0.684. The number of ketones is 4. The standard InChI is InChI=1S/C35H26N2O11/c36-31(43)26-23(38)12-18-9-16-10-22-21(14-4-3-5-15(8-14)34(46)47)11-17(13-37-32(44)19-6-1-2-7-20(19)33(37)45)27(39)25(22)28(40)24(16)29(41)35(18,48)30(26)42/h1-8,11,16,18,24,26,39,48H,9-10,12-13H2,(H2,36,43)(H,46,47)/t16-,18+,24?,26?,35+/m1/s1. The van der Waals surface area contributed by atoms with E-state index < -0.39 is 94.8 Å². The number of phenols is 1. The van der Waals surface area contributed by atoms with E-state index in [0.717, 1.165) is 4.90 Å². The number of hydrogen-bond donors (Lipinski definition) is 4. The molecule has 0 radical (unpaired) electrons. The molecule has 0 aromatic heterocycles. The zero-order valence-electron chi connectivity index (χ0n) is 25.0. The van der Waals surface area contributed by atoms with Gasteiger partial charge in [0.15, 0.2) is 34.7 Å². The molecule has 4 aliphatic rings. The number of aliphatic hydroxyl groups is 1. The zero-order valence-corrected chi connectivity index (χ0v) is 25.0. The van der Waals surface area contributed by atoms with Gasteiger partial charge in [-0.25, -0.2) is 4.79 Å². The number of imide groups is 1. The second-order valence-electron chi connectivity index (χ2n) is 12.7. The molecule has 1 aliphatic heterocycles. The lowest BCUT2D eigenvalue weighted by molar-refractivity contribution is -0.175. The minimum Gasteiger partial charge on any atom is -0.507 e. The topological polar surface area (TPSA) is 227 Å². The number of hydrogen-bond acceptors (Lipinski definition) is 10. The summed E-state index contributed by atoms with van der Waals surface area (Å²) < 4.78 is 0. The molecule has 3 aromatic rings. The van der Waals surface area contributed by atoms with Crippen molar-refractivity contribution in [3.8, 4) is 16.9 Å². The Hall–Kier alpha value is -5.82. The van der Waals surface area contributed by atoms with Crippen molar-refractivity contribution in [2.24, 2.45) is 29.4 Å². The van der Waals surface area contributed by atoms with E-state index in [9.17, 15) is 53.7 Å². The third-order valence-corrected chi connectivity index (χ3v) is 10.1. The van der Waals surface area contributed by atoms with Crippen LogP contribution in [0.2, 0.25) is 0 Å². The van der Waals surface area contributed by atoms with Gasteiger partial charge in [0.2, 0.25) is 5.91 Å². The number of nitrogens with two attached hydrogens (primary N) is 1. The molecule has 5 N–H and O–H groups in total. The fraction of sp³-hybridized carbons (Fsp3) is 0.257. The molecule has 3 aromatic carbocycles. The van der Waals surface area contributed by atoms with Gasteiger partial charge in [-0.2, -0.15) is 0 Å². The lowest BCUT2D eigenvalue weighted by Crippen LogP contribution is -2.68. The van der Waals surface area contributed by atoms with Crippen molar-refractivity contribution in [2.75, 3.05) is 0 Å². The van der Waals surface area contributed by atoms with E-state index in [-0.39, 0.29) is 46.2 Å². The number of phenolic OH excluding ortho intramolecular Hbond substituents is 1. The summed E-state index contributed by atoms with van der Waals surface area (Å²) in [4.78, 5) is 105. The molecule has 13 nitrogen and oxygen atoms in total. The molecular weight excluding hydrogens is 624 g/mol. The summed E-state index contributed by atoms with van der Waals surface area (Å²) in [6, 6.07) is 13.4. The van der Waals surface area contributed by atoms with Crippen molar-refractivity contribution in [1.82, 2.24) is 4.90 Å². The predicted molar refractivity (Wildman–Crippen MR) is 162 cm³/mol. The number of carbonyl (C=O) groups excluding carboxylic acids is 7. The monoisotopic (exact) mass is 650 g/mol. The first kappa shape index (κ1) is 30.8. The third-order valence-electron chi connectivity index (χ3n) is 10.1.